The Morgan fingerprint density at radius 2 is 2.35 bits per heavy atom. The lowest BCUT2D eigenvalue weighted by molar-refractivity contribution is 0.0697. The third-order valence-electron chi connectivity index (χ3n) is 3.56. The first-order valence-electron chi connectivity index (χ1n) is 6.55. The molecule has 0 amide bonds. The highest BCUT2D eigenvalue weighted by molar-refractivity contribution is 6.04. The molecule has 1 aliphatic rings. The SMILES string of the molecule is C=CCN(c1c(C(=O)O)cnc2c1cnn2C)C1CC1. The summed E-state index contributed by atoms with van der Waals surface area (Å²) in [6, 6.07) is 0.386. The van der Waals surface area contributed by atoms with Crippen molar-refractivity contribution in [2.45, 2.75) is 18.9 Å². The van der Waals surface area contributed by atoms with Crippen molar-refractivity contribution in [2.24, 2.45) is 7.05 Å². The minimum absolute atomic E-state index is 0.222. The van der Waals surface area contributed by atoms with Crippen LogP contribution in [0.25, 0.3) is 11.0 Å². The van der Waals surface area contributed by atoms with Crippen molar-refractivity contribution in [2.75, 3.05) is 11.4 Å². The summed E-state index contributed by atoms with van der Waals surface area (Å²) in [4.78, 5) is 17.8. The van der Waals surface area contributed by atoms with Gasteiger partial charge in [-0.25, -0.2) is 9.78 Å². The molecule has 1 fully saturated rings. The van der Waals surface area contributed by atoms with Crippen LogP contribution in [0.2, 0.25) is 0 Å². The molecule has 0 aromatic carbocycles. The maximum absolute atomic E-state index is 11.5. The fraction of sp³-hybridized carbons (Fsp3) is 0.357. The summed E-state index contributed by atoms with van der Waals surface area (Å²) in [5.74, 6) is -0.965. The molecule has 20 heavy (non-hydrogen) atoms. The number of anilines is 1. The van der Waals surface area contributed by atoms with E-state index in [-0.39, 0.29) is 5.56 Å². The minimum atomic E-state index is -0.965. The summed E-state index contributed by atoms with van der Waals surface area (Å²) in [5.41, 5.74) is 1.62. The van der Waals surface area contributed by atoms with Crippen LogP contribution in [0.3, 0.4) is 0 Å². The standard InChI is InChI=1S/C14H16N4O2/c1-3-6-18(9-4-5-9)12-10-8-16-17(2)13(10)15-7-11(12)14(19)20/h3,7-9H,1,4-6H2,2H3,(H,19,20). The molecule has 2 aromatic heterocycles. The average molecular weight is 272 g/mol. The molecule has 6 nitrogen and oxygen atoms in total. The molecule has 0 spiro atoms. The number of fused-ring (bicyclic) bond motifs is 1. The van der Waals surface area contributed by atoms with E-state index in [0.717, 1.165) is 18.2 Å². The monoisotopic (exact) mass is 272 g/mol. The maximum Gasteiger partial charge on any atom is 0.339 e. The third kappa shape index (κ3) is 1.93. The first-order valence-corrected chi connectivity index (χ1v) is 6.55. The Bertz CT molecular complexity index is 688. The summed E-state index contributed by atoms with van der Waals surface area (Å²) in [6.45, 7) is 4.39. The molecule has 3 rings (SSSR count). The second-order valence-corrected chi connectivity index (χ2v) is 5.00. The van der Waals surface area contributed by atoms with Crippen molar-refractivity contribution in [3.05, 3.63) is 30.6 Å². The van der Waals surface area contributed by atoms with Crippen LogP contribution in [0.15, 0.2) is 25.0 Å². The van der Waals surface area contributed by atoms with E-state index >= 15 is 0 Å². The Labute approximate surface area is 116 Å². The summed E-state index contributed by atoms with van der Waals surface area (Å²) in [5, 5.41) is 14.4. The molecule has 1 saturated carbocycles. The van der Waals surface area contributed by atoms with E-state index in [1.807, 2.05) is 0 Å². The number of aromatic nitrogens is 3. The van der Waals surface area contributed by atoms with Crippen LogP contribution in [0.1, 0.15) is 23.2 Å². The number of aryl methyl sites for hydroxylation is 1. The van der Waals surface area contributed by atoms with E-state index in [1.165, 1.54) is 6.20 Å². The first-order chi connectivity index (χ1) is 9.63. The predicted molar refractivity (Wildman–Crippen MR) is 76.0 cm³/mol. The predicted octanol–water partition coefficient (Wildman–Crippen LogP) is 1.82. The van der Waals surface area contributed by atoms with E-state index in [4.69, 9.17) is 0 Å². The van der Waals surface area contributed by atoms with Crippen LogP contribution in [-0.4, -0.2) is 38.4 Å². The zero-order valence-electron chi connectivity index (χ0n) is 11.3. The first kappa shape index (κ1) is 12.7. The van der Waals surface area contributed by atoms with Gasteiger partial charge in [0.1, 0.15) is 5.56 Å². The molecular weight excluding hydrogens is 256 g/mol. The van der Waals surface area contributed by atoms with E-state index in [9.17, 15) is 9.90 Å². The number of rotatable bonds is 5. The zero-order valence-corrected chi connectivity index (χ0v) is 11.3. The molecule has 2 heterocycles. The van der Waals surface area contributed by atoms with Crippen LogP contribution < -0.4 is 4.90 Å². The fourth-order valence-corrected chi connectivity index (χ4v) is 2.50. The Balaban J connectivity index is 2.25. The lowest BCUT2D eigenvalue weighted by atomic mass is 10.1. The smallest absolute Gasteiger partial charge is 0.339 e. The summed E-state index contributed by atoms with van der Waals surface area (Å²) in [6.07, 6.45) is 7.06. The Hall–Kier alpha value is -2.37. The molecule has 0 unspecified atom stereocenters. The van der Waals surface area contributed by atoms with Gasteiger partial charge in [0.15, 0.2) is 5.65 Å². The Morgan fingerprint density at radius 3 is 2.95 bits per heavy atom. The largest absolute Gasteiger partial charge is 0.478 e. The third-order valence-corrected chi connectivity index (χ3v) is 3.56. The van der Waals surface area contributed by atoms with E-state index in [1.54, 1.807) is 24.0 Å². The van der Waals surface area contributed by atoms with E-state index in [0.29, 0.717) is 23.9 Å². The van der Waals surface area contributed by atoms with Crippen molar-refractivity contribution in [1.82, 2.24) is 14.8 Å². The van der Waals surface area contributed by atoms with E-state index in [2.05, 4.69) is 21.6 Å². The molecule has 0 radical (unpaired) electrons. The number of pyridine rings is 1. The topological polar surface area (TPSA) is 71.2 Å². The van der Waals surface area contributed by atoms with Crippen LogP contribution in [0.5, 0.6) is 0 Å². The molecule has 1 aliphatic carbocycles. The van der Waals surface area contributed by atoms with Crippen molar-refractivity contribution in [1.29, 1.82) is 0 Å². The lowest BCUT2D eigenvalue weighted by Gasteiger charge is -2.25. The number of aromatic carboxylic acids is 1. The summed E-state index contributed by atoms with van der Waals surface area (Å²) >= 11 is 0. The molecule has 0 aliphatic heterocycles. The van der Waals surface area contributed by atoms with Gasteiger partial charge in [-0.2, -0.15) is 5.10 Å². The number of hydrogen-bond acceptors (Lipinski definition) is 4. The summed E-state index contributed by atoms with van der Waals surface area (Å²) < 4.78 is 1.66. The molecule has 104 valence electrons. The molecule has 0 atom stereocenters. The van der Waals surface area contributed by atoms with Gasteiger partial charge >= 0.3 is 5.97 Å². The van der Waals surface area contributed by atoms with Gasteiger partial charge in [-0.1, -0.05) is 6.08 Å². The molecule has 6 heteroatoms. The normalized spacial score (nSPS) is 14.4. The molecule has 2 aromatic rings. The minimum Gasteiger partial charge on any atom is -0.478 e. The van der Waals surface area contributed by atoms with Crippen molar-refractivity contribution in [3.63, 3.8) is 0 Å². The van der Waals surface area contributed by atoms with Gasteiger partial charge in [0.2, 0.25) is 0 Å². The Morgan fingerprint density at radius 1 is 1.60 bits per heavy atom. The van der Waals surface area contributed by atoms with Crippen LogP contribution in [-0.2, 0) is 7.05 Å². The van der Waals surface area contributed by atoms with Crippen molar-refractivity contribution in [3.8, 4) is 0 Å². The van der Waals surface area contributed by atoms with Crippen LogP contribution >= 0.6 is 0 Å². The maximum atomic E-state index is 11.5. The number of carboxylic acids is 1. The average Bonchev–Trinajstić information content (AvgIpc) is 3.19. The highest BCUT2D eigenvalue weighted by atomic mass is 16.4. The van der Waals surface area contributed by atoms with Crippen LogP contribution in [0, 0.1) is 0 Å². The lowest BCUT2D eigenvalue weighted by Crippen LogP contribution is -2.28. The number of carboxylic acid groups (broad SMARTS) is 1. The van der Waals surface area contributed by atoms with Gasteiger partial charge in [-0.15, -0.1) is 6.58 Å². The Kier molecular flexibility index (Phi) is 2.93. The van der Waals surface area contributed by atoms with Crippen molar-refractivity contribution >= 4 is 22.7 Å². The van der Waals surface area contributed by atoms with Gasteiger partial charge in [0.25, 0.3) is 0 Å². The van der Waals surface area contributed by atoms with Gasteiger partial charge in [-0.05, 0) is 12.8 Å². The number of nitrogens with zero attached hydrogens (tertiary/aromatic N) is 4. The van der Waals surface area contributed by atoms with Gasteiger partial charge in [0.05, 0.1) is 17.3 Å². The van der Waals surface area contributed by atoms with Gasteiger partial charge < -0.3 is 10.0 Å². The second kappa shape index (κ2) is 4.63. The molecule has 0 saturated heterocycles. The number of carbonyl (C=O) groups is 1. The highest BCUT2D eigenvalue weighted by Gasteiger charge is 2.32. The van der Waals surface area contributed by atoms with E-state index < -0.39 is 5.97 Å². The second-order valence-electron chi connectivity index (χ2n) is 5.00. The van der Waals surface area contributed by atoms with Crippen molar-refractivity contribution < 1.29 is 9.90 Å². The molecular formula is C14H16N4O2. The highest BCUT2D eigenvalue weighted by Crippen LogP contribution is 2.37. The van der Waals surface area contributed by atoms with Gasteiger partial charge in [0, 0.05) is 25.8 Å². The zero-order chi connectivity index (χ0) is 14.3. The number of hydrogen-bond donors (Lipinski definition) is 1. The summed E-state index contributed by atoms with van der Waals surface area (Å²) in [7, 11) is 1.80. The van der Waals surface area contributed by atoms with Gasteiger partial charge in [-0.3, -0.25) is 4.68 Å². The fourth-order valence-electron chi connectivity index (χ4n) is 2.50. The molecule has 1 N–H and O–H groups in total. The van der Waals surface area contributed by atoms with Crippen LogP contribution in [0.4, 0.5) is 5.69 Å². The molecule has 0 bridgehead atoms. The quantitative estimate of drug-likeness (QED) is 0.841.